The van der Waals surface area contributed by atoms with Gasteiger partial charge in [0.15, 0.2) is 0 Å². The van der Waals surface area contributed by atoms with Crippen molar-refractivity contribution < 1.29 is 0 Å². The first-order chi connectivity index (χ1) is 17.0. The van der Waals surface area contributed by atoms with E-state index in [0.29, 0.717) is 6.04 Å². The summed E-state index contributed by atoms with van der Waals surface area (Å²) in [7, 11) is 2.18. The molecule has 178 valence electrons. The Hall–Kier alpha value is -3.91. The first kappa shape index (κ1) is 21.6. The Bertz CT molecular complexity index is 1490. The molecule has 0 spiro atoms. The van der Waals surface area contributed by atoms with E-state index in [1.54, 1.807) is 0 Å². The summed E-state index contributed by atoms with van der Waals surface area (Å²) < 4.78 is 0. The van der Waals surface area contributed by atoms with Crippen molar-refractivity contribution in [2.24, 2.45) is 0 Å². The molecule has 1 aromatic carbocycles. The second-order valence-electron chi connectivity index (χ2n) is 9.64. The average molecular weight is 467 g/mol. The van der Waals surface area contributed by atoms with Gasteiger partial charge in [0.1, 0.15) is 11.2 Å². The molecule has 0 atom stereocenters. The van der Waals surface area contributed by atoms with E-state index in [2.05, 4.69) is 86.5 Å². The molecule has 1 aliphatic heterocycles. The number of aromatic amines is 2. The van der Waals surface area contributed by atoms with Gasteiger partial charge in [0, 0.05) is 66.8 Å². The lowest BCUT2D eigenvalue weighted by molar-refractivity contribution is 0.313. The lowest BCUT2D eigenvalue weighted by atomic mass is 10.1. The van der Waals surface area contributed by atoms with E-state index in [1.807, 2.05) is 24.5 Å². The first-order valence-electron chi connectivity index (χ1n) is 12.2. The summed E-state index contributed by atoms with van der Waals surface area (Å²) >= 11 is 0. The van der Waals surface area contributed by atoms with E-state index in [1.165, 1.54) is 11.1 Å². The zero-order chi connectivity index (χ0) is 23.9. The molecule has 4 aromatic heterocycles. The van der Waals surface area contributed by atoms with E-state index in [4.69, 9.17) is 4.98 Å². The maximum atomic E-state index is 5.00. The maximum Gasteiger partial charge on any atom is 0.135 e. The molecule has 1 saturated heterocycles. The first-order valence-corrected chi connectivity index (χ1v) is 12.2. The van der Waals surface area contributed by atoms with Gasteiger partial charge in [-0.2, -0.15) is 5.10 Å². The van der Waals surface area contributed by atoms with E-state index in [-0.39, 0.29) is 0 Å². The molecule has 6 rings (SSSR count). The van der Waals surface area contributed by atoms with Crippen molar-refractivity contribution in [3.8, 4) is 22.6 Å². The molecular weight excluding hydrogens is 436 g/mol. The third kappa shape index (κ3) is 4.10. The van der Waals surface area contributed by atoms with Crippen molar-refractivity contribution in [2.75, 3.05) is 43.4 Å². The van der Waals surface area contributed by atoms with Crippen LogP contribution in [0.25, 0.3) is 44.6 Å². The van der Waals surface area contributed by atoms with Crippen LogP contribution in [0.1, 0.15) is 13.8 Å². The maximum absolute atomic E-state index is 5.00. The Balaban J connectivity index is 1.39. The Morgan fingerprint density at radius 3 is 2.66 bits per heavy atom. The number of hydrogen-bond donors (Lipinski definition) is 3. The highest BCUT2D eigenvalue weighted by atomic mass is 15.2. The fourth-order valence-electron chi connectivity index (χ4n) is 4.83. The zero-order valence-corrected chi connectivity index (χ0v) is 20.3. The van der Waals surface area contributed by atoms with Crippen LogP contribution in [0.2, 0.25) is 0 Å². The minimum atomic E-state index is 0.334. The summed E-state index contributed by atoms with van der Waals surface area (Å²) in [5, 5.41) is 12.4. The Labute approximate surface area is 204 Å². The average Bonchev–Trinajstić information content (AvgIpc) is 3.48. The lowest BCUT2D eigenvalue weighted by Gasteiger charge is -2.34. The highest BCUT2D eigenvalue weighted by molar-refractivity contribution is 5.99. The highest BCUT2D eigenvalue weighted by Crippen LogP contribution is 2.34. The van der Waals surface area contributed by atoms with Crippen LogP contribution in [-0.4, -0.2) is 69.3 Å². The summed E-state index contributed by atoms with van der Waals surface area (Å²) in [6.07, 6.45) is 3.69. The van der Waals surface area contributed by atoms with Crippen LogP contribution in [0, 0.1) is 0 Å². The van der Waals surface area contributed by atoms with E-state index in [9.17, 15) is 0 Å². The van der Waals surface area contributed by atoms with Gasteiger partial charge in [0.2, 0.25) is 0 Å². The van der Waals surface area contributed by atoms with Crippen molar-refractivity contribution in [1.82, 2.24) is 30.0 Å². The predicted molar refractivity (Wildman–Crippen MR) is 143 cm³/mol. The van der Waals surface area contributed by atoms with Gasteiger partial charge >= 0.3 is 0 Å². The minimum absolute atomic E-state index is 0.334. The number of nitrogens with zero attached hydrogens (tertiary/aromatic N) is 5. The zero-order valence-electron chi connectivity index (χ0n) is 20.3. The fourth-order valence-corrected chi connectivity index (χ4v) is 4.83. The number of nitrogens with one attached hydrogen (secondary N) is 3. The van der Waals surface area contributed by atoms with Gasteiger partial charge in [-0.3, -0.25) is 10.1 Å². The van der Waals surface area contributed by atoms with Crippen molar-refractivity contribution in [3.63, 3.8) is 0 Å². The van der Waals surface area contributed by atoms with Crippen molar-refractivity contribution >= 4 is 33.3 Å². The molecule has 0 radical (unpaired) electrons. The van der Waals surface area contributed by atoms with E-state index >= 15 is 0 Å². The van der Waals surface area contributed by atoms with Gasteiger partial charge in [0.05, 0.1) is 22.6 Å². The summed E-state index contributed by atoms with van der Waals surface area (Å²) in [5.41, 5.74) is 8.75. The molecule has 0 amide bonds. The molecule has 35 heavy (non-hydrogen) atoms. The van der Waals surface area contributed by atoms with Crippen LogP contribution >= 0.6 is 0 Å². The van der Waals surface area contributed by atoms with Gasteiger partial charge < -0.3 is 20.1 Å². The Kier molecular flexibility index (Phi) is 5.37. The fraction of sp³-hybridized carbons (Fsp3) is 0.296. The number of anilines is 2. The molecule has 3 N–H and O–H groups in total. The van der Waals surface area contributed by atoms with Crippen LogP contribution in [0.5, 0.6) is 0 Å². The number of benzene rings is 1. The summed E-state index contributed by atoms with van der Waals surface area (Å²) in [4.78, 5) is 17.8. The van der Waals surface area contributed by atoms with Crippen LogP contribution in [0.15, 0.2) is 54.9 Å². The molecule has 8 nitrogen and oxygen atoms in total. The molecule has 5 heterocycles. The Morgan fingerprint density at radius 2 is 1.83 bits per heavy atom. The largest absolute Gasteiger partial charge is 0.382 e. The van der Waals surface area contributed by atoms with Crippen molar-refractivity contribution in [2.45, 2.75) is 19.9 Å². The van der Waals surface area contributed by atoms with Crippen LogP contribution in [0.3, 0.4) is 0 Å². The number of fused-ring (bicyclic) bond motifs is 2. The standard InChI is InChI=1S/C27H30N8/c1-17(2)29-19-13-18(15-28-16-19)21-7-8-23-26(31-21)27(33-32-23)24-14-20-22(30-24)5-4-6-25(20)35-11-9-34(3)10-12-35/h4-8,13-17,29-30H,9-12H2,1-3H3,(H,32,33). The number of aromatic nitrogens is 5. The quantitative estimate of drug-likeness (QED) is 0.347. The third-order valence-corrected chi connectivity index (χ3v) is 6.64. The molecular formula is C27H30N8. The minimum Gasteiger partial charge on any atom is -0.382 e. The van der Waals surface area contributed by atoms with Crippen LogP contribution in [0.4, 0.5) is 11.4 Å². The highest BCUT2D eigenvalue weighted by Gasteiger charge is 2.19. The van der Waals surface area contributed by atoms with Gasteiger partial charge in [-0.05, 0) is 57.3 Å². The normalized spacial score (nSPS) is 14.9. The summed E-state index contributed by atoms with van der Waals surface area (Å²) in [6.45, 7) is 8.45. The molecule has 0 unspecified atom stereocenters. The number of hydrogen-bond acceptors (Lipinski definition) is 6. The van der Waals surface area contributed by atoms with Crippen molar-refractivity contribution in [3.05, 3.63) is 54.9 Å². The van der Waals surface area contributed by atoms with Crippen LogP contribution < -0.4 is 10.2 Å². The third-order valence-electron chi connectivity index (χ3n) is 6.64. The lowest BCUT2D eigenvalue weighted by Crippen LogP contribution is -2.44. The molecule has 0 aliphatic carbocycles. The smallest absolute Gasteiger partial charge is 0.135 e. The molecule has 1 fully saturated rings. The summed E-state index contributed by atoms with van der Waals surface area (Å²) in [6, 6.07) is 15.2. The number of rotatable bonds is 5. The van der Waals surface area contributed by atoms with Gasteiger partial charge in [-0.1, -0.05) is 6.07 Å². The second-order valence-corrected chi connectivity index (χ2v) is 9.64. The number of likely N-dealkylation sites (N-methyl/N-ethyl adjacent to an activating group) is 1. The van der Waals surface area contributed by atoms with Crippen LogP contribution in [-0.2, 0) is 0 Å². The molecule has 1 aliphatic rings. The number of H-pyrrole nitrogens is 2. The predicted octanol–water partition coefficient (Wildman–Crippen LogP) is 4.74. The van der Waals surface area contributed by atoms with Gasteiger partial charge in [0.25, 0.3) is 0 Å². The SMILES string of the molecule is CC(C)Nc1cncc(-c2ccc3[nH]nc(-c4cc5c(N6CCN(C)CC6)cccc5[nH]4)c3n2)c1. The molecule has 0 saturated carbocycles. The van der Waals surface area contributed by atoms with Gasteiger partial charge in [-0.25, -0.2) is 4.98 Å². The molecule has 0 bridgehead atoms. The van der Waals surface area contributed by atoms with E-state index in [0.717, 1.165) is 71.1 Å². The second kappa shape index (κ2) is 8.70. The molecule has 5 aromatic rings. The topological polar surface area (TPSA) is 88.8 Å². The molecule has 8 heteroatoms. The monoisotopic (exact) mass is 466 g/mol. The summed E-state index contributed by atoms with van der Waals surface area (Å²) in [5.74, 6) is 0. The van der Waals surface area contributed by atoms with E-state index < -0.39 is 0 Å². The van der Waals surface area contributed by atoms with Crippen molar-refractivity contribution in [1.29, 1.82) is 0 Å². The van der Waals surface area contributed by atoms with Gasteiger partial charge in [-0.15, -0.1) is 0 Å². The number of piperazine rings is 1. The Morgan fingerprint density at radius 1 is 0.971 bits per heavy atom. The number of pyridine rings is 2.